The average Bonchev–Trinajstić information content (AvgIpc) is 3.04. The van der Waals surface area contributed by atoms with Crippen molar-refractivity contribution in [3.05, 3.63) is 70.0 Å². The van der Waals surface area contributed by atoms with Crippen molar-refractivity contribution in [2.75, 3.05) is 6.61 Å². The normalized spacial score (nSPS) is 10.6. The van der Waals surface area contributed by atoms with E-state index in [-0.39, 0.29) is 0 Å². The molecular formula is C20H22N2O2S. The number of hydrogen-bond acceptors (Lipinski definition) is 5. The Kier molecular flexibility index (Phi) is 6.04. The quantitative estimate of drug-likeness (QED) is 0.623. The van der Waals surface area contributed by atoms with Gasteiger partial charge in [0.15, 0.2) is 11.5 Å². The Bertz CT molecular complexity index is 799. The van der Waals surface area contributed by atoms with Gasteiger partial charge >= 0.3 is 0 Å². The molecule has 0 spiro atoms. The van der Waals surface area contributed by atoms with E-state index in [0.29, 0.717) is 18.2 Å². The molecule has 0 saturated heterocycles. The van der Waals surface area contributed by atoms with Gasteiger partial charge in [0.05, 0.1) is 6.61 Å². The van der Waals surface area contributed by atoms with Gasteiger partial charge in [0, 0.05) is 35.1 Å². The number of para-hydroxylation sites is 2. The maximum atomic E-state index is 5.84. The third-order valence-electron chi connectivity index (χ3n) is 3.59. The second-order valence-corrected chi connectivity index (χ2v) is 6.97. The molecule has 1 N–H and O–H groups in total. The lowest BCUT2D eigenvalue weighted by molar-refractivity contribution is 0.319. The number of hydrogen-bond donors (Lipinski definition) is 1. The fourth-order valence-corrected chi connectivity index (χ4v) is 3.27. The minimum absolute atomic E-state index is 0.560. The van der Waals surface area contributed by atoms with E-state index in [4.69, 9.17) is 9.47 Å². The molecule has 2 heterocycles. The van der Waals surface area contributed by atoms with Gasteiger partial charge in [0.25, 0.3) is 0 Å². The molecular weight excluding hydrogens is 332 g/mol. The summed E-state index contributed by atoms with van der Waals surface area (Å²) in [7, 11) is 0. The van der Waals surface area contributed by atoms with Gasteiger partial charge in [-0.1, -0.05) is 18.2 Å². The molecule has 0 unspecified atom stereocenters. The number of ether oxygens (including phenoxy) is 2. The summed E-state index contributed by atoms with van der Waals surface area (Å²) in [6.07, 6.45) is 1.84. The van der Waals surface area contributed by atoms with Gasteiger partial charge in [0.1, 0.15) is 0 Å². The van der Waals surface area contributed by atoms with Crippen LogP contribution in [0.3, 0.4) is 0 Å². The van der Waals surface area contributed by atoms with Crippen molar-refractivity contribution in [2.45, 2.75) is 26.9 Å². The van der Waals surface area contributed by atoms with Gasteiger partial charge in [-0.15, -0.1) is 11.3 Å². The molecule has 0 atom stereocenters. The highest BCUT2D eigenvalue weighted by Gasteiger charge is 2.06. The van der Waals surface area contributed by atoms with Crippen LogP contribution in [0.15, 0.2) is 54.7 Å². The van der Waals surface area contributed by atoms with Gasteiger partial charge in [-0.3, -0.25) is 0 Å². The minimum Gasteiger partial charge on any atom is -0.490 e. The van der Waals surface area contributed by atoms with Crippen LogP contribution < -0.4 is 14.8 Å². The Labute approximate surface area is 152 Å². The molecule has 0 fully saturated rings. The molecule has 25 heavy (non-hydrogen) atoms. The fourth-order valence-electron chi connectivity index (χ4n) is 2.41. The molecule has 0 aliphatic carbocycles. The highest BCUT2D eigenvalue weighted by Crippen LogP contribution is 2.30. The van der Waals surface area contributed by atoms with Gasteiger partial charge in [-0.2, -0.15) is 0 Å². The lowest BCUT2D eigenvalue weighted by Crippen LogP contribution is -2.11. The number of nitrogens with one attached hydrogen (secondary N) is 1. The van der Waals surface area contributed by atoms with Crippen LogP contribution in [0.25, 0.3) is 0 Å². The largest absolute Gasteiger partial charge is 0.490 e. The van der Waals surface area contributed by atoms with Crippen molar-refractivity contribution in [2.24, 2.45) is 0 Å². The number of thiophene rings is 1. The molecule has 0 bridgehead atoms. The Hall–Kier alpha value is -2.37. The maximum Gasteiger partial charge on any atom is 0.219 e. The predicted molar refractivity (Wildman–Crippen MR) is 102 cm³/mol. The smallest absolute Gasteiger partial charge is 0.219 e. The van der Waals surface area contributed by atoms with E-state index in [1.165, 1.54) is 9.75 Å². The van der Waals surface area contributed by atoms with E-state index in [2.05, 4.69) is 29.4 Å². The minimum atomic E-state index is 0.560. The van der Waals surface area contributed by atoms with E-state index in [1.807, 2.05) is 60.9 Å². The van der Waals surface area contributed by atoms with Crippen LogP contribution in [0, 0.1) is 6.92 Å². The summed E-state index contributed by atoms with van der Waals surface area (Å²) in [5.41, 5.74) is 1.12. The number of rotatable bonds is 8. The van der Waals surface area contributed by atoms with E-state index in [0.717, 1.165) is 24.4 Å². The first kappa shape index (κ1) is 17.5. The molecule has 3 rings (SSSR count). The lowest BCUT2D eigenvalue weighted by Gasteiger charge is -2.11. The van der Waals surface area contributed by atoms with Gasteiger partial charge in [-0.05, 0) is 43.7 Å². The van der Waals surface area contributed by atoms with Crippen molar-refractivity contribution < 1.29 is 9.47 Å². The summed E-state index contributed by atoms with van der Waals surface area (Å²) in [6.45, 7) is 6.33. The summed E-state index contributed by atoms with van der Waals surface area (Å²) in [6, 6.07) is 15.8. The molecule has 130 valence electrons. The Morgan fingerprint density at radius 1 is 1.00 bits per heavy atom. The van der Waals surface area contributed by atoms with Crippen molar-refractivity contribution in [3.63, 3.8) is 0 Å². The zero-order valence-corrected chi connectivity index (χ0v) is 15.3. The molecule has 0 radical (unpaired) electrons. The van der Waals surface area contributed by atoms with Crippen molar-refractivity contribution >= 4 is 11.3 Å². The third kappa shape index (κ3) is 5.05. The van der Waals surface area contributed by atoms with Crippen molar-refractivity contribution in [1.82, 2.24) is 10.3 Å². The van der Waals surface area contributed by atoms with Crippen LogP contribution in [0.2, 0.25) is 0 Å². The molecule has 0 saturated carbocycles. The topological polar surface area (TPSA) is 43.4 Å². The first-order valence-electron chi connectivity index (χ1n) is 8.35. The van der Waals surface area contributed by atoms with Crippen LogP contribution in [0.4, 0.5) is 0 Å². The SMILES string of the molecule is CCOc1ccccc1Oc1ccc(CNCc2ccc(C)s2)cn1. The Morgan fingerprint density at radius 2 is 1.84 bits per heavy atom. The fraction of sp³-hybridized carbons (Fsp3) is 0.250. The number of benzene rings is 1. The summed E-state index contributed by atoms with van der Waals surface area (Å²) >= 11 is 1.82. The van der Waals surface area contributed by atoms with Gasteiger partial charge in [0.2, 0.25) is 5.88 Å². The Balaban J connectivity index is 1.55. The van der Waals surface area contributed by atoms with Crippen molar-refractivity contribution in [3.8, 4) is 17.4 Å². The molecule has 0 aliphatic rings. The summed E-state index contributed by atoms with van der Waals surface area (Å²) in [5, 5.41) is 3.44. The van der Waals surface area contributed by atoms with E-state index in [9.17, 15) is 0 Å². The van der Waals surface area contributed by atoms with Crippen LogP contribution >= 0.6 is 11.3 Å². The van der Waals surface area contributed by atoms with Crippen LogP contribution in [-0.2, 0) is 13.1 Å². The molecule has 4 nitrogen and oxygen atoms in total. The van der Waals surface area contributed by atoms with Gasteiger partial charge in [-0.25, -0.2) is 4.98 Å². The molecule has 1 aromatic carbocycles. The van der Waals surface area contributed by atoms with E-state index < -0.39 is 0 Å². The second kappa shape index (κ2) is 8.65. The Morgan fingerprint density at radius 3 is 2.52 bits per heavy atom. The average molecular weight is 354 g/mol. The summed E-state index contributed by atoms with van der Waals surface area (Å²) in [4.78, 5) is 7.08. The molecule has 3 aromatic rings. The van der Waals surface area contributed by atoms with Crippen molar-refractivity contribution in [1.29, 1.82) is 0 Å². The van der Waals surface area contributed by atoms with E-state index in [1.54, 1.807) is 0 Å². The first-order valence-corrected chi connectivity index (χ1v) is 9.17. The predicted octanol–water partition coefficient (Wildman–Crippen LogP) is 4.93. The van der Waals surface area contributed by atoms with E-state index >= 15 is 0 Å². The second-order valence-electron chi connectivity index (χ2n) is 5.60. The zero-order chi connectivity index (χ0) is 17.5. The molecule has 5 heteroatoms. The number of nitrogens with zero attached hydrogens (tertiary/aromatic N) is 1. The molecule has 2 aromatic heterocycles. The third-order valence-corrected chi connectivity index (χ3v) is 4.59. The summed E-state index contributed by atoms with van der Waals surface area (Å²) < 4.78 is 11.4. The maximum absolute atomic E-state index is 5.84. The highest BCUT2D eigenvalue weighted by molar-refractivity contribution is 7.11. The van der Waals surface area contributed by atoms with Gasteiger partial charge < -0.3 is 14.8 Å². The lowest BCUT2D eigenvalue weighted by atomic mass is 10.3. The van der Waals surface area contributed by atoms with Crippen LogP contribution in [0.1, 0.15) is 22.2 Å². The molecule has 0 amide bonds. The van der Waals surface area contributed by atoms with Crippen LogP contribution in [0.5, 0.6) is 17.4 Å². The zero-order valence-electron chi connectivity index (χ0n) is 14.5. The monoisotopic (exact) mass is 354 g/mol. The number of aryl methyl sites for hydroxylation is 1. The summed E-state index contributed by atoms with van der Waals surface area (Å²) in [5.74, 6) is 1.96. The first-order chi connectivity index (χ1) is 12.2. The highest BCUT2D eigenvalue weighted by atomic mass is 32.1. The molecule has 0 aliphatic heterocycles. The number of pyridine rings is 1. The van der Waals surface area contributed by atoms with Crippen LogP contribution in [-0.4, -0.2) is 11.6 Å². The number of aromatic nitrogens is 1. The standard InChI is InChI=1S/C20H22N2O2S/c1-3-23-18-6-4-5-7-19(18)24-20-11-9-16(13-22-20)12-21-14-17-10-8-15(2)25-17/h4-11,13,21H,3,12,14H2,1-2H3.